The number of anilines is 1. The molecule has 2 aromatic rings. The third kappa shape index (κ3) is 1.49. The minimum Gasteiger partial charge on any atom is -0.477 e. The Balaban J connectivity index is 2.67. The van der Waals surface area contributed by atoms with Crippen molar-refractivity contribution in [3.05, 3.63) is 11.6 Å². The zero-order valence-electron chi connectivity index (χ0n) is 8.41. The molecule has 0 unspecified atom stereocenters. The van der Waals surface area contributed by atoms with Crippen LogP contribution in [0, 0.1) is 0 Å². The molecule has 0 bridgehead atoms. The Morgan fingerprint density at radius 3 is 3.00 bits per heavy atom. The molecule has 0 fully saturated rings. The number of nitrogens with zero attached hydrogens (tertiary/aromatic N) is 4. The fourth-order valence-corrected chi connectivity index (χ4v) is 1.23. The molecular weight excluding hydrogens is 214 g/mol. The maximum atomic E-state index is 10.9. The van der Waals surface area contributed by atoms with Crippen molar-refractivity contribution in [1.82, 2.24) is 19.8 Å². The molecule has 0 saturated carbocycles. The highest BCUT2D eigenvalue weighted by atomic mass is 16.5. The van der Waals surface area contributed by atoms with Gasteiger partial charge in [-0.3, -0.25) is 0 Å². The van der Waals surface area contributed by atoms with E-state index in [1.165, 1.54) is 10.6 Å². The lowest BCUT2D eigenvalue weighted by molar-refractivity contribution is 0.0691. The third-order valence-electron chi connectivity index (χ3n) is 1.90. The minimum atomic E-state index is -1.14. The molecule has 0 radical (unpaired) electrons. The SMILES string of the molecule is CCOc1nn2c(N)nnc2cc1C(=O)O. The standard InChI is InChI=1S/C8H9N5O3/c1-2-16-6-4(7(14)15)3-5-10-11-8(9)13(5)12-6/h3H,2H2,1H3,(H2,9,11)(H,14,15). The summed E-state index contributed by atoms with van der Waals surface area (Å²) in [6.07, 6.45) is 0. The van der Waals surface area contributed by atoms with Crippen LogP contribution in [0.15, 0.2) is 6.07 Å². The summed E-state index contributed by atoms with van der Waals surface area (Å²) in [6, 6.07) is 1.31. The Hall–Kier alpha value is -2.38. The second-order valence-electron chi connectivity index (χ2n) is 2.93. The quantitative estimate of drug-likeness (QED) is 0.740. The van der Waals surface area contributed by atoms with E-state index in [4.69, 9.17) is 15.6 Å². The number of carboxylic acids is 1. The molecule has 0 aliphatic rings. The lowest BCUT2D eigenvalue weighted by Crippen LogP contribution is -2.09. The highest BCUT2D eigenvalue weighted by Crippen LogP contribution is 2.17. The number of carbonyl (C=O) groups is 1. The number of hydrogen-bond acceptors (Lipinski definition) is 6. The topological polar surface area (TPSA) is 116 Å². The lowest BCUT2D eigenvalue weighted by atomic mass is 10.3. The van der Waals surface area contributed by atoms with Gasteiger partial charge in [0.25, 0.3) is 0 Å². The lowest BCUT2D eigenvalue weighted by Gasteiger charge is -2.05. The number of hydrogen-bond donors (Lipinski definition) is 2. The van der Waals surface area contributed by atoms with Crippen LogP contribution in [-0.2, 0) is 0 Å². The average molecular weight is 223 g/mol. The number of nitrogen functional groups attached to an aromatic ring is 1. The van der Waals surface area contributed by atoms with Gasteiger partial charge in [-0.1, -0.05) is 0 Å². The van der Waals surface area contributed by atoms with Gasteiger partial charge in [-0.05, 0) is 6.92 Å². The van der Waals surface area contributed by atoms with Crippen molar-refractivity contribution >= 4 is 17.6 Å². The van der Waals surface area contributed by atoms with E-state index in [1.807, 2.05) is 0 Å². The summed E-state index contributed by atoms with van der Waals surface area (Å²) >= 11 is 0. The molecule has 0 aliphatic carbocycles. The summed E-state index contributed by atoms with van der Waals surface area (Å²) in [7, 11) is 0. The Labute approximate surface area is 89.6 Å². The zero-order chi connectivity index (χ0) is 11.7. The molecule has 0 atom stereocenters. The van der Waals surface area contributed by atoms with Crippen molar-refractivity contribution < 1.29 is 14.6 Å². The van der Waals surface area contributed by atoms with E-state index in [0.717, 1.165) is 0 Å². The number of aromatic carboxylic acids is 1. The van der Waals surface area contributed by atoms with Gasteiger partial charge in [-0.25, -0.2) is 4.79 Å². The first-order valence-electron chi connectivity index (χ1n) is 4.51. The number of carboxylic acid groups (broad SMARTS) is 1. The number of rotatable bonds is 3. The Kier molecular flexibility index (Phi) is 2.31. The molecule has 2 aromatic heterocycles. The fourth-order valence-electron chi connectivity index (χ4n) is 1.23. The van der Waals surface area contributed by atoms with E-state index < -0.39 is 5.97 Å². The second-order valence-corrected chi connectivity index (χ2v) is 2.93. The average Bonchev–Trinajstić information content (AvgIpc) is 2.60. The highest BCUT2D eigenvalue weighted by molar-refractivity contribution is 5.91. The van der Waals surface area contributed by atoms with Crippen molar-refractivity contribution in [2.75, 3.05) is 12.3 Å². The van der Waals surface area contributed by atoms with Crippen LogP contribution in [0.4, 0.5) is 5.95 Å². The van der Waals surface area contributed by atoms with Crippen LogP contribution in [0.1, 0.15) is 17.3 Å². The maximum absolute atomic E-state index is 10.9. The van der Waals surface area contributed by atoms with Gasteiger partial charge in [0.1, 0.15) is 5.56 Å². The number of ether oxygens (including phenoxy) is 1. The van der Waals surface area contributed by atoms with E-state index in [1.54, 1.807) is 6.92 Å². The number of aromatic nitrogens is 4. The van der Waals surface area contributed by atoms with E-state index in [9.17, 15) is 4.79 Å². The molecule has 2 rings (SSSR count). The largest absolute Gasteiger partial charge is 0.477 e. The van der Waals surface area contributed by atoms with Crippen molar-refractivity contribution in [3.63, 3.8) is 0 Å². The summed E-state index contributed by atoms with van der Waals surface area (Å²) < 4.78 is 6.33. The van der Waals surface area contributed by atoms with Crippen LogP contribution in [0.25, 0.3) is 5.65 Å². The van der Waals surface area contributed by atoms with Gasteiger partial charge >= 0.3 is 5.97 Å². The van der Waals surface area contributed by atoms with E-state index in [-0.39, 0.29) is 23.0 Å². The molecule has 3 N–H and O–H groups in total. The van der Waals surface area contributed by atoms with Crippen LogP contribution < -0.4 is 10.5 Å². The Morgan fingerprint density at radius 2 is 2.38 bits per heavy atom. The van der Waals surface area contributed by atoms with Crippen molar-refractivity contribution in [1.29, 1.82) is 0 Å². The normalized spacial score (nSPS) is 10.6. The summed E-state index contributed by atoms with van der Waals surface area (Å²) in [5.74, 6) is -1.07. The molecule has 0 saturated heterocycles. The van der Waals surface area contributed by atoms with Crippen LogP contribution in [0.2, 0.25) is 0 Å². The molecule has 8 heteroatoms. The molecule has 8 nitrogen and oxygen atoms in total. The summed E-state index contributed by atoms with van der Waals surface area (Å²) in [6.45, 7) is 2.04. The molecule has 16 heavy (non-hydrogen) atoms. The third-order valence-corrected chi connectivity index (χ3v) is 1.90. The molecule has 0 spiro atoms. The van der Waals surface area contributed by atoms with Crippen molar-refractivity contribution in [2.45, 2.75) is 6.92 Å². The first-order valence-corrected chi connectivity index (χ1v) is 4.51. The predicted octanol–water partition coefficient (Wildman–Crippen LogP) is -0.197. The van der Waals surface area contributed by atoms with Crippen LogP contribution in [0.3, 0.4) is 0 Å². The summed E-state index contributed by atoms with van der Waals surface area (Å²) in [5, 5.41) is 20.1. The fraction of sp³-hybridized carbons (Fsp3) is 0.250. The van der Waals surface area contributed by atoms with Gasteiger partial charge in [0.05, 0.1) is 6.61 Å². The smallest absolute Gasteiger partial charge is 0.341 e. The van der Waals surface area contributed by atoms with Gasteiger partial charge in [-0.15, -0.1) is 15.3 Å². The molecule has 2 heterocycles. The molecular formula is C8H9N5O3. The highest BCUT2D eigenvalue weighted by Gasteiger charge is 2.16. The van der Waals surface area contributed by atoms with Crippen molar-refractivity contribution in [2.24, 2.45) is 0 Å². The number of nitrogens with two attached hydrogens (primary N) is 1. The van der Waals surface area contributed by atoms with Crippen LogP contribution in [-0.4, -0.2) is 37.5 Å². The Morgan fingerprint density at radius 1 is 1.62 bits per heavy atom. The molecule has 84 valence electrons. The first kappa shape index (κ1) is 10.1. The van der Waals surface area contributed by atoms with Crippen LogP contribution in [0.5, 0.6) is 5.88 Å². The number of fused-ring (bicyclic) bond motifs is 1. The van der Waals surface area contributed by atoms with Crippen molar-refractivity contribution in [3.8, 4) is 5.88 Å². The van der Waals surface area contributed by atoms with E-state index in [0.29, 0.717) is 6.61 Å². The van der Waals surface area contributed by atoms with Gasteiger partial charge in [0.2, 0.25) is 11.8 Å². The molecule has 0 aliphatic heterocycles. The second kappa shape index (κ2) is 3.65. The van der Waals surface area contributed by atoms with E-state index in [2.05, 4.69) is 15.3 Å². The summed E-state index contributed by atoms with van der Waals surface area (Å²) in [4.78, 5) is 10.9. The maximum Gasteiger partial charge on any atom is 0.341 e. The first-order chi connectivity index (χ1) is 7.63. The predicted molar refractivity (Wildman–Crippen MR) is 53.3 cm³/mol. The van der Waals surface area contributed by atoms with Gasteiger partial charge in [0, 0.05) is 6.07 Å². The van der Waals surface area contributed by atoms with Gasteiger partial charge in [0.15, 0.2) is 5.65 Å². The molecule has 0 amide bonds. The monoisotopic (exact) mass is 223 g/mol. The van der Waals surface area contributed by atoms with E-state index >= 15 is 0 Å². The summed E-state index contributed by atoms with van der Waals surface area (Å²) in [5.41, 5.74) is 5.69. The van der Waals surface area contributed by atoms with Gasteiger partial charge < -0.3 is 15.6 Å². The Bertz CT molecular complexity index is 550. The van der Waals surface area contributed by atoms with Crippen LogP contribution >= 0.6 is 0 Å². The minimum absolute atomic E-state index is 0.00556. The zero-order valence-corrected chi connectivity index (χ0v) is 8.41. The van der Waals surface area contributed by atoms with Gasteiger partial charge in [-0.2, -0.15) is 4.52 Å². The molecule has 0 aromatic carbocycles.